The number of nitriles is 2. The number of hydrogen-bond donors (Lipinski definition) is 2. The van der Waals surface area contributed by atoms with Crippen molar-refractivity contribution in [1.29, 1.82) is 10.5 Å². The molecule has 0 radical (unpaired) electrons. The highest BCUT2D eigenvalue weighted by atomic mass is 19.4. The Morgan fingerprint density at radius 3 is 2.38 bits per heavy atom. The van der Waals surface area contributed by atoms with E-state index >= 15 is 0 Å². The van der Waals surface area contributed by atoms with E-state index in [1.54, 1.807) is 6.92 Å². The minimum atomic E-state index is -4.80. The minimum Gasteiger partial charge on any atom is -0.478 e. The third-order valence-corrected chi connectivity index (χ3v) is 5.96. The van der Waals surface area contributed by atoms with Crippen molar-refractivity contribution in [2.45, 2.75) is 37.7 Å². The molecule has 0 saturated heterocycles. The van der Waals surface area contributed by atoms with Gasteiger partial charge in [0, 0.05) is 11.6 Å². The molecule has 0 saturated carbocycles. The molecule has 0 bridgehead atoms. The number of carboxylic acids is 1. The van der Waals surface area contributed by atoms with Crippen molar-refractivity contribution in [3.05, 3.63) is 71.3 Å². The number of anilines is 1. The quantitative estimate of drug-likeness (QED) is 0.419. The number of aldehydes is 1. The summed E-state index contributed by atoms with van der Waals surface area (Å²) in [6, 6.07) is 10.4. The van der Waals surface area contributed by atoms with Gasteiger partial charge in [-0.3, -0.25) is 0 Å². The van der Waals surface area contributed by atoms with Crippen molar-refractivity contribution in [3.63, 3.8) is 0 Å². The van der Waals surface area contributed by atoms with Gasteiger partial charge in [-0.25, -0.2) is 9.80 Å². The lowest BCUT2D eigenvalue weighted by atomic mass is 9.85. The van der Waals surface area contributed by atoms with Crippen LogP contribution in [-0.4, -0.2) is 45.5 Å². The van der Waals surface area contributed by atoms with Crippen molar-refractivity contribution in [3.8, 4) is 17.9 Å². The molecule has 1 heterocycles. The van der Waals surface area contributed by atoms with Crippen LogP contribution in [0.5, 0.6) is 5.75 Å². The predicted octanol–water partition coefficient (Wildman–Crippen LogP) is 3.32. The molecular formula is C25H23F3N4O5. The number of carboxylic acid groups (broad SMARTS) is 1. The van der Waals surface area contributed by atoms with Gasteiger partial charge in [-0.05, 0) is 55.5 Å². The number of nitrogens with zero attached hydrogens (tertiary/aromatic N) is 3. The Bertz CT molecular complexity index is 1270. The second-order valence-corrected chi connectivity index (χ2v) is 8.25. The smallest absolute Gasteiger partial charge is 0.417 e. The molecule has 37 heavy (non-hydrogen) atoms. The van der Waals surface area contributed by atoms with E-state index in [4.69, 9.17) is 15.3 Å². The van der Waals surface area contributed by atoms with Gasteiger partial charge in [-0.1, -0.05) is 13.0 Å². The molecule has 1 aliphatic heterocycles. The molecule has 0 fully saturated rings. The Morgan fingerprint density at radius 2 is 1.86 bits per heavy atom. The number of hydrogen-bond acceptors (Lipinski definition) is 7. The van der Waals surface area contributed by atoms with Gasteiger partial charge in [0.2, 0.25) is 5.60 Å². The summed E-state index contributed by atoms with van der Waals surface area (Å²) in [7, 11) is 0. The van der Waals surface area contributed by atoms with E-state index in [-0.39, 0.29) is 16.9 Å². The van der Waals surface area contributed by atoms with Crippen LogP contribution in [0.1, 0.15) is 30.5 Å². The number of halogens is 3. The first-order chi connectivity index (χ1) is 17.0. The summed E-state index contributed by atoms with van der Waals surface area (Å²) in [5.41, 5.74) is -0.655. The van der Waals surface area contributed by atoms with Crippen LogP contribution in [-0.2, 0) is 15.8 Å². The maximum Gasteiger partial charge on any atom is 0.417 e. The molecule has 9 nitrogen and oxygen atoms in total. The van der Waals surface area contributed by atoms with E-state index in [1.165, 1.54) is 60.5 Å². The van der Waals surface area contributed by atoms with E-state index in [9.17, 15) is 27.9 Å². The lowest BCUT2D eigenvalue weighted by molar-refractivity contribution is -0.157. The highest BCUT2D eigenvalue weighted by Crippen LogP contribution is 2.36. The third-order valence-electron chi connectivity index (χ3n) is 5.96. The molecule has 2 aromatic rings. The van der Waals surface area contributed by atoms with Crippen molar-refractivity contribution >= 4 is 17.9 Å². The van der Waals surface area contributed by atoms with Crippen LogP contribution in [0.15, 0.2) is 54.6 Å². The molecular weight excluding hydrogens is 493 g/mol. The number of hydrazine groups is 1. The Labute approximate surface area is 210 Å². The SMILES string of the molecule is CC(C=O)C1C=C[C@@](Oc2ccc(C#N)cc2)(C(=O)O)C(C)N1Nc1ccc(C#N)c(C(F)(F)F)c1.O. The summed E-state index contributed by atoms with van der Waals surface area (Å²) >= 11 is 0. The Hall–Kier alpha value is -4.39. The maximum atomic E-state index is 13.5. The first-order valence-corrected chi connectivity index (χ1v) is 10.7. The summed E-state index contributed by atoms with van der Waals surface area (Å²) in [6.07, 6.45) is -1.40. The fraction of sp³-hybridized carbons (Fsp3) is 0.280. The highest BCUT2D eigenvalue weighted by molar-refractivity contribution is 5.82. The number of rotatable bonds is 7. The number of carbonyl (C=O) groups excluding carboxylic acids is 1. The molecule has 1 aliphatic rings. The van der Waals surface area contributed by atoms with Gasteiger partial charge in [0.25, 0.3) is 0 Å². The normalized spacial score (nSPS) is 22.0. The predicted molar refractivity (Wildman–Crippen MR) is 125 cm³/mol. The van der Waals surface area contributed by atoms with E-state index < -0.39 is 46.9 Å². The molecule has 0 spiro atoms. The Kier molecular flexibility index (Phi) is 8.67. The second kappa shape index (κ2) is 11.1. The number of alkyl halides is 3. The molecule has 4 atom stereocenters. The summed E-state index contributed by atoms with van der Waals surface area (Å²) in [5.74, 6) is -1.90. The molecule has 0 amide bonds. The first kappa shape index (κ1) is 28.8. The largest absolute Gasteiger partial charge is 0.478 e. The monoisotopic (exact) mass is 516 g/mol. The van der Waals surface area contributed by atoms with E-state index in [1.807, 2.05) is 6.07 Å². The van der Waals surface area contributed by atoms with Crippen LogP contribution < -0.4 is 10.2 Å². The third kappa shape index (κ3) is 5.72. The maximum absolute atomic E-state index is 13.5. The average molecular weight is 516 g/mol. The second-order valence-electron chi connectivity index (χ2n) is 8.25. The molecule has 0 aliphatic carbocycles. The van der Waals surface area contributed by atoms with Crippen LogP contribution in [0.25, 0.3) is 0 Å². The fourth-order valence-electron chi connectivity index (χ4n) is 3.92. The van der Waals surface area contributed by atoms with E-state index in [2.05, 4.69) is 5.43 Å². The summed E-state index contributed by atoms with van der Waals surface area (Å²) < 4.78 is 46.3. The van der Waals surface area contributed by atoms with Crippen LogP contribution in [0, 0.1) is 28.6 Å². The Morgan fingerprint density at radius 1 is 1.22 bits per heavy atom. The minimum absolute atomic E-state index is 0. The van der Waals surface area contributed by atoms with Crippen LogP contribution in [0.4, 0.5) is 18.9 Å². The van der Waals surface area contributed by atoms with Gasteiger partial charge in [0.1, 0.15) is 12.0 Å². The summed E-state index contributed by atoms with van der Waals surface area (Å²) in [4.78, 5) is 24.1. The molecule has 3 unspecified atom stereocenters. The standard InChI is InChI=1S/C25H21F3N4O4.H2O/c1-15(14-33)22-9-10-24(23(34)35,36-20-7-3-17(12-29)4-8-20)16(2)32(22)31-19-6-5-18(13-30)21(11-19)25(26,27)28;/h3-11,14-16,22,31H,1-2H3,(H,34,35);1H2/t15?,16?,22?,24-;/m0./s1. The topological polar surface area (TPSA) is 158 Å². The van der Waals surface area contributed by atoms with Gasteiger partial charge in [-0.15, -0.1) is 0 Å². The summed E-state index contributed by atoms with van der Waals surface area (Å²) in [5, 5.41) is 29.6. The first-order valence-electron chi connectivity index (χ1n) is 10.7. The number of nitrogens with one attached hydrogen (secondary N) is 1. The zero-order chi connectivity index (χ0) is 26.7. The van der Waals surface area contributed by atoms with E-state index in [0.29, 0.717) is 11.8 Å². The lowest BCUT2D eigenvalue weighted by Gasteiger charge is -2.47. The fourth-order valence-corrected chi connectivity index (χ4v) is 3.92. The molecule has 3 rings (SSSR count). The van der Waals surface area contributed by atoms with Gasteiger partial charge in [-0.2, -0.15) is 23.7 Å². The zero-order valence-electron chi connectivity index (χ0n) is 19.7. The van der Waals surface area contributed by atoms with E-state index in [0.717, 1.165) is 12.1 Å². The van der Waals surface area contributed by atoms with Crippen molar-refractivity contribution in [2.24, 2.45) is 5.92 Å². The number of benzene rings is 2. The number of ether oxygens (including phenoxy) is 1. The molecule has 0 aromatic heterocycles. The zero-order valence-corrected chi connectivity index (χ0v) is 19.7. The molecule has 12 heteroatoms. The highest BCUT2D eigenvalue weighted by Gasteiger charge is 2.52. The van der Waals surface area contributed by atoms with Gasteiger partial charge < -0.3 is 25.5 Å². The van der Waals surface area contributed by atoms with Crippen LogP contribution in [0.2, 0.25) is 0 Å². The average Bonchev–Trinajstić information content (AvgIpc) is 2.85. The van der Waals surface area contributed by atoms with Crippen molar-refractivity contribution in [1.82, 2.24) is 5.01 Å². The summed E-state index contributed by atoms with van der Waals surface area (Å²) in [6.45, 7) is 3.08. The van der Waals surface area contributed by atoms with Crippen molar-refractivity contribution < 1.29 is 38.1 Å². The van der Waals surface area contributed by atoms with Crippen LogP contribution in [0.3, 0.4) is 0 Å². The Balaban J connectivity index is 0.00000481. The lowest BCUT2D eigenvalue weighted by Crippen LogP contribution is -2.65. The van der Waals surface area contributed by atoms with Crippen molar-refractivity contribution in [2.75, 3.05) is 5.43 Å². The van der Waals surface area contributed by atoms with Gasteiger partial charge in [0.15, 0.2) is 0 Å². The molecule has 2 aromatic carbocycles. The molecule has 4 N–H and O–H groups in total. The number of carbonyl (C=O) groups is 2. The van der Waals surface area contributed by atoms with Gasteiger partial charge in [0.05, 0.1) is 40.9 Å². The van der Waals surface area contributed by atoms with Gasteiger partial charge >= 0.3 is 12.1 Å². The number of aliphatic carboxylic acids is 1. The van der Waals surface area contributed by atoms with Crippen LogP contribution >= 0.6 is 0 Å². The molecule has 194 valence electrons.